The topological polar surface area (TPSA) is 100 Å². The molecule has 7 nitrogen and oxygen atoms in total. The predicted octanol–water partition coefficient (Wildman–Crippen LogP) is 5.43. The quantitative estimate of drug-likeness (QED) is 0.334. The zero-order valence-corrected chi connectivity index (χ0v) is 19.3. The number of hydrogen-bond donors (Lipinski definition) is 2. The highest BCUT2D eigenvalue weighted by atomic mass is 35.5. The van der Waals surface area contributed by atoms with Crippen LogP contribution >= 0.6 is 11.6 Å². The standard InChI is InChI=1S/C26H22ClN3O4/c1-17(31)29-21-8-10-22(11-9-21)30-26(32)20(15-28)13-18-7-12-24(25(14-18)33-2)34-16-19-5-3-4-6-23(19)27/h3-14H,16H2,1-2H3,(H,29,31)(H,30,32)/b20-13-. The van der Waals surface area contributed by atoms with Crippen LogP contribution in [0.3, 0.4) is 0 Å². The van der Waals surface area contributed by atoms with Crippen molar-refractivity contribution in [3.63, 3.8) is 0 Å². The first kappa shape index (κ1) is 24.4. The lowest BCUT2D eigenvalue weighted by molar-refractivity contribution is -0.114. The number of nitrogens with zero attached hydrogens (tertiary/aromatic N) is 1. The summed E-state index contributed by atoms with van der Waals surface area (Å²) in [6.07, 6.45) is 1.46. The normalized spacial score (nSPS) is 10.7. The summed E-state index contributed by atoms with van der Waals surface area (Å²) in [5.41, 5.74) is 2.43. The van der Waals surface area contributed by atoms with Crippen molar-refractivity contribution in [2.24, 2.45) is 0 Å². The molecule has 0 heterocycles. The van der Waals surface area contributed by atoms with Crippen molar-refractivity contribution in [3.05, 3.63) is 88.5 Å². The van der Waals surface area contributed by atoms with E-state index in [4.69, 9.17) is 21.1 Å². The van der Waals surface area contributed by atoms with Crippen LogP contribution < -0.4 is 20.1 Å². The average Bonchev–Trinajstić information content (AvgIpc) is 2.83. The molecule has 3 aromatic carbocycles. The third-order valence-electron chi connectivity index (χ3n) is 4.67. The van der Waals surface area contributed by atoms with Crippen molar-refractivity contribution in [2.75, 3.05) is 17.7 Å². The third-order valence-corrected chi connectivity index (χ3v) is 5.04. The van der Waals surface area contributed by atoms with Crippen molar-refractivity contribution >= 4 is 40.9 Å². The van der Waals surface area contributed by atoms with Gasteiger partial charge in [0, 0.05) is 28.9 Å². The van der Waals surface area contributed by atoms with Crippen LogP contribution in [0.4, 0.5) is 11.4 Å². The first-order valence-electron chi connectivity index (χ1n) is 10.2. The molecule has 0 aromatic heterocycles. The second-order valence-electron chi connectivity index (χ2n) is 7.17. The minimum Gasteiger partial charge on any atom is -0.493 e. The lowest BCUT2D eigenvalue weighted by atomic mass is 10.1. The van der Waals surface area contributed by atoms with Crippen LogP contribution in [-0.2, 0) is 16.2 Å². The molecular formula is C26H22ClN3O4. The molecule has 2 amide bonds. The van der Waals surface area contributed by atoms with Gasteiger partial charge in [0.15, 0.2) is 11.5 Å². The van der Waals surface area contributed by atoms with Crippen molar-refractivity contribution in [1.29, 1.82) is 5.26 Å². The summed E-state index contributed by atoms with van der Waals surface area (Å²) in [7, 11) is 1.51. The monoisotopic (exact) mass is 475 g/mol. The fourth-order valence-corrected chi connectivity index (χ4v) is 3.21. The average molecular weight is 476 g/mol. The van der Waals surface area contributed by atoms with Gasteiger partial charge in [0.1, 0.15) is 18.2 Å². The van der Waals surface area contributed by atoms with Crippen molar-refractivity contribution in [1.82, 2.24) is 0 Å². The lowest BCUT2D eigenvalue weighted by Gasteiger charge is -2.12. The fourth-order valence-electron chi connectivity index (χ4n) is 3.02. The van der Waals surface area contributed by atoms with E-state index < -0.39 is 5.91 Å². The molecule has 0 atom stereocenters. The number of hydrogen-bond acceptors (Lipinski definition) is 5. The molecule has 0 fully saturated rings. The molecule has 172 valence electrons. The highest BCUT2D eigenvalue weighted by Gasteiger charge is 2.12. The fraction of sp³-hybridized carbons (Fsp3) is 0.115. The molecule has 0 aliphatic carbocycles. The summed E-state index contributed by atoms with van der Waals surface area (Å²) in [6, 6.07) is 21.0. The van der Waals surface area contributed by atoms with E-state index in [-0.39, 0.29) is 18.1 Å². The second kappa shape index (κ2) is 11.5. The molecule has 2 N–H and O–H groups in total. The Morgan fingerprint density at radius 1 is 1.00 bits per heavy atom. The van der Waals surface area contributed by atoms with Crippen LogP contribution in [-0.4, -0.2) is 18.9 Å². The highest BCUT2D eigenvalue weighted by Crippen LogP contribution is 2.30. The number of halogens is 1. The molecule has 3 rings (SSSR count). The number of nitriles is 1. The Hall–Kier alpha value is -4.28. The maximum absolute atomic E-state index is 12.6. The van der Waals surface area contributed by atoms with Gasteiger partial charge in [-0.2, -0.15) is 5.26 Å². The number of amides is 2. The van der Waals surface area contributed by atoms with Crippen molar-refractivity contribution < 1.29 is 19.1 Å². The van der Waals surface area contributed by atoms with E-state index in [9.17, 15) is 14.9 Å². The molecule has 34 heavy (non-hydrogen) atoms. The SMILES string of the molecule is COc1cc(/C=C(/C#N)C(=O)Nc2ccc(NC(C)=O)cc2)ccc1OCc1ccccc1Cl. The van der Waals surface area contributed by atoms with Gasteiger partial charge < -0.3 is 20.1 Å². The largest absolute Gasteiger partial charge is 0.493 e. The molecule has 0 radical (unpaired) electrons. The number of anilines is 2. The molecule has 0 saturated heterocycles. The van der Waals surface area contributed by atoms with E-state index in [1.54, 1.807) is 48.5 Å². The third kappa shape index (κ3) is 6.61. The second-order valence-corrected chi connectivity index (χ2v) is 7.58. The van der Waals surface area contributed by atoms with Crippen LogP contribution in [0.5, 0.6) is 11.5 Å². The minimum atomic E-state index is -0.562. The van der Waals surface area contributed by atoms with Gasteiger partial charge in [-0.05, 0) is 54.1 Å². The molecule has 0 unspecified atom stereocenters. The first-order valence-corrected chi connectivity index (χ1v) is 10.6. The molecule has 0 aliphatic heterocycles. The summed E-state index contributed by atoms with van der Waals surface area (Å²) >= 11 is 6.17. The van der Waals surface area contributed by atoms with Gasteiger partial charge in [-0.25, -0.2) is 0 Å². The van der Waals surface area contributed by atoms with Gasteiger partial charge in [0.05, 0.1) is 7.11 Å². The predicted molar refractivity (Wildman–Crippen MR) is 132 cm³/mol. The van der Waals surface area contributed by atoms with Gasteiger partial charge in [0.2, 0.25) is 5.91 Å². The summed E-state index contributed by atoms with van der Waals surface area (Å²) in [6.45, 7) is 1.67. The van der Waals surface area contributed by atoms with Gasteiger partial charge >= 0.3 is 0 Å². The molecule has 0 bridgehead atoms. The van der Waals surface area contributed by atoms with Gasteiger partial charge in [0.25, 0.3) is 5.91 Å². The molecule has 3 aromatic rings. The number of nitrogens with one attached hydrogen (secondary N) is 2. The van der Waals surface area contributed by atoms with E-state index in [1.807, 2.05) is 24.3 Å². The number of carbonyl (C=O) groups excluding carboxylic acids is 2. The number of carbonyl (C=O) groups is 2. The van der Waals surface area contributed by atoms with E-state index in [0.717, 1.165) is 5.56 Å². The van der Waals surface area contributed by atoms with E-state index in [1.165, 1.54) is 20.1 Å². The summed E-state index contributed by atoms with van der Waals surface area (Å²) in [5.74, 6) is 0.198. The Labute approximate surface area is 202 Å². The molecule has 0 aliphatic rings. The van der Waals surface area contributed by atoms with Crippen molar-refractivity contribution in [3.8, 4) is 17.6 Å². The van der Waals surface area contributed by atoms with Gasteiger partial charge in [-0.3, -0.25) is 9.59 Å². The van der Waals surface area contributed by atoms with E-state index >= 15 is 0 Å². The van der Waals surface area contributed by atoms with E-state index in [0.29, 0.717) is 33.5 Å². The van der Waals surface area contributed by atoms with Crippen LogP contribution in [0.1, 0.15) is 18.1 Å². The number of ether oxygens (including phenoxy) is 2. The summed E-state index contributed by atoms with van der Waals surface area (Å²) < 4.78 is 11.3. The number of rotatable bonds is 8. The summed E-state index contributed by atoms with van der Waals surface area (Å²) in [5, 5.41) is 15.4. The van der Waals surface area contributed by atoms with Crippen molar-refractivity contribution in [2.45, 2.75) is 13.5 Å². The Bertz CT molecular complexity index is 1260. The van der Waals surface area contributed by atoms with Crippen LogP contribution in [0.25, 0.3) is 6.08 Å². The smallest absolute Gasteiger partial charge is 0.266 e. The maximum atomic E-state index is 12.6. The van der Waals surface area contributed by atoms with Crippen LogP contribution in [0, 0.1) is 11.3 Å². The minimum absolute atomic E-state index is 0.0854. The van der Waals surface area contributed by atoms with Gasteiger partial charge in [-0.15, -0.1) is 0 Å². The molecule has 0 saturated carbocycles. The molecular weight excluding hydrogens is 454 g/mol. The van der Waals surface area contributed by atoms with Crippen LogP contribution in [0.2, 0.25) is 5.02 Å². The lowest BCUT2D eigenvalue weighted by Crippen LogP contribution is -2.13. The Kier molecular flexibility index (Phi) is 8.27. The summed E-state index contributed by atoms with van der Waals surface area (Å²) in [4.78, 5) is 23.7. The first-order chi connectivity index (χ1) is 16.4. The number of methoxy groups -OCH3 is 1. The maximum Gasteiger partial charge on any atom is 0.266 e. The highest BCUT2D eigenvalue weighted by molar-refractivity contribution is 6.31. The molecule has 8 heteroatoms. The zero-order valence-electron chi connectivity index (χ0n) is 18.6. The Balaban J connectivity index is 1.72. The zero-order chi connectivity index (χ0) is 24.5. The van der Waals surface area contributed by atoms with Crippen LogP contribution in [0.15, 0.2) is 72.3 Å². The van der Waals surface area contributed by atoms with E-state index in [2.05, 4.69) is 10.6 Å². The molecule has 0 spiro atoms. The number of benzene rings is 3. The Morgan fingerprint density at radius 2 is 1.68 bits per heavy atom. The van der Waals surface area contributed by atoms with Gasteiger partial charge in [-0.1, -0.05) is 35.9 Å². The Morgan fingerprint density at radius 3 is 2.29 bits per heavy atom.